The van der Waals surface area contributed by atoms with Gasteiger partial charge in [-0.25, -0.2) is 19.8 Å². The molecule has 136 valence electrons. The molecule has 1 atom stereocenters. The summed E-state index contributed by atoms with van der Waals surface area (Å²) < 4.78 is 24.6. The normalized spacial score (nSPS) is 19.2. The molecule has 1 unspecified atom stereocenters. The van der Waals surface area contributed by atoms with Crippen molar-refractivity contribution < 1.29 is 8.42 Å². The van der Waals surface area contributed by atoms with Crippen LogP contribution in [0.5, 0.6) is 0 Å². The number of nitrogens with two attached hydrogens (primary N) is 1. The molecular formula is C17H25N5O2S. The second-order valence-corrected chi connectivity index (χ2v) is 8.21. The monoisotopic (exact) mass is 363 g/mol. The molecule has 8 heteroatoms. The van der Waals surface area contributed by atoms with Crippen LogP contribution in [-0.2, 0) is 10.2 Å². The van der Waals surface area contributed by atoms with Gasteiger partial charge in [-0.05, 0) is 62.3 Å². The molecule has 3 rings (SSSR count). The molecule has 1 aromatic heterocycles. The van der Waals surface area contributed by atoms with Gasteiger partial charge in [-0.1, -0.05) is 0 Å². The summed E-state index contributed by atoms with van der Waals surface area (Å²) in [5, 5.41) is 6.11. The SMILES string of the molecule is Cc1cc2ncnc(N3CCCC(CNS(N)(=O)=O)CC3)c2cc1C. The second kappa shape index (κ2) is 7.23. The molecule has 1 aliphatic rings. The second-order valence-electron chi connectivity index (χ2n) is 6.83. The fourth-order valence-electron chi connectivity index (χ4n) is 3.37. The maximum absolute atomic E-state index is 11.1. The average molecular weight is 363 g/mol. The minimum atomic E-state index is -3.62. The molecule has 25 heavy (non-hydrogen) atoms. The minimum Gasteiger partial charge on any atom is -0.356 e. The van der Waals surface area contributed by atoms with E-state index >= 15 is 0 Å². The summed E-state index contributed by atoms with van der Waals surface area (Å²) in [4.78, 5) is 11.2. The van der Waals surface area contributed by atoms with Crippen molar-refractivity contribution in [2.24, 2.45) is 11.1 Å². The van der Waals surface area contributed by atoms with E-state index in [2.05, 4.69) is 45.6 Å². The first-order chi connectivity index (χ1) is 11.8. The first-order valence-corrected chi connectivity index (χ1v) is 10.1. The number of nitrogens with zero attached hydrogens (tertiary/aromatic N) is 3. The zero-order chi connectivity index (χ0) is 18.0. The van der Waals surface area contributed by atoms with Crippen LogP contribution in [0, 0.1) is 19.8 Å². The van der Waals surface area contributed by atoms with Gasteiger partial charge in [0.25, 0.3) is 10.2 Å². The zero-order valence-corrected chi connectivity index (χ0v) is 15.5. The smallest absolute Gasteiger partial charge is 0.274 e. The van der Waals surface area contributed by atoms with E-state index in [9.17, 15) is 8.42 Å². The number of hydrogen-bond acceptors (Lipinski definition) is 5. The fourth-order valence-corrected chi connectivity index (χ4v) is 3.84. The molecular weight excluding hydrogens is 338 g/mol. The summed E-state index contributed by atoms with van der Waals surface area (Å²) in [5.74, 6) is 1.26. The van der Waals surface area contributed by atoms with E-state index in [4.69, 9.17) is 5.14 Å². The standard InChI is InChI=1S/C17H25N5O2S/c1-12-8-15-16(9-13(12)2)19-11-20-17(15)22-6-3-4-14(5-7-22)10-21-25(18,23)24/h8-9,11,14,21H,3-7,10H2,1-2H3,(H2,18,23,24). The summed E-state index contributed by atoms with van der Waals surface area (Å²) in [7, 11) is -3.62. The van der Waals surface area contributed by atoms with E-state index in [1.165, 1.54) is 11.1 Å². The lowest BCUT2D eigenvalue weighted by molar-refractivity contribution is 0.463. The van der Waals surface area contributed by atoms with Crippen molar-refractivity contribution in [3.05, 3.63) is 29.6 Å². The Hall–Kier alpha value is -1.77. The van der Waals surface area contributed by atoms with Gasteiger partial charge in [-0.3, -0.25) is 0 Å². The van der Waals surface area contributed by atoms with Gasteiger partial charge in [0.15, 0.2) is 0 Å². The number of nitrogens with one attached hydrogen (secondary N) is 1. The lowest BCUT2D eigenvalue weighted by Crippen LogP contribution is -2.35. The van der Waals surface area contributed by atoms with Gasteiger partial charge < -0.3 is 4.90 Å². The number of aryl methyl sites for hydroxylation is 2. The molecule has 1 aromatic carbocycles. The van der Waals surface area contributed by atoms with Gasteiger partial charge in [0, 0.05) is 25.0 Å². The van der Waals surface area contributed by atoms with Crippen LogP contribution in [-0.4, -0.2) is 38.0 Å². The topological polar surface area (TPSA) is 101 Å². The van der Waals surface area contributed by atoms with Crippen LogP contribution in [0.4, 0.5) is 5.82 Å². The summed E-state index contributed by atoms with van der Waals surface area (Å²) in [5.41, 5.74) is 3.42. The van der Waals surface area contributed by atoms with E-state index in [0.717, 1.165) is 49.1 Å². The van der Waals surface area contributed by atoms with Crippen LogP contribution in [0.2, 0.25) is 0 Å². The summed E-state index contributed by atoms with van der Waals surface area (Å²) in [6, 6.07) is 4.26. The van der Waals surface area contributed by atoms with Crippen LogP contribution >= 0.6 is 0 Å². The van der Waals surface area contributed by atoms with Gasteiger partial charge in [-0.2, -0.15) is 8.42 Å². The summed E-state index contributed by atoms with van der Waals surface area (Å²) in [6.45, 7) is 6.34. The third-order valence-corrected chi connectivity index (χ3v) is 5.52. The Balaban J connectivity index is 1.79. The van der Waals surface area contributed by atoms with E-state index in [-0.39, 0.29) is 0 Å². The first kappa shape index (κ1) is 18.0. The maximum atomic E-state index is 11.1. The molecule has 0 radical (unpaired) electrons. The third kappa shape index (κ3) is 4.45. The lowest BCUT2D eigenvalue weighted by atomic mass is 10.0. The fraction of sp³-hybridized carbons (Fsp3) is 0.529. The summed E-state index contributed by atoms with van der Waals surface area (Å²) >= 11 is 0. The lowest BCUT2D eigenvalue weighted by Gasteiger charge is -2.23. The van der Waals surface area contributed by atoms with Crippen molar-refractivity contribution in [3.63, 3.8) is 0 Å². The zero-order valence-electron chi connectivity index (χ0n) is 14.7. The molecule has 1 saturated heterocycles. The van der Waals surface area contributed by atoms with Crippen molar-refractivity contribution in [3.8, 4) is 0 Å². The number of hydrogen-bond donors (Lipinski definition) is 2. The molecule has 2 heterocycles. The highest BCUT2D eigenvalue weighted by Gasteiger charge is 2.20. The van der Waals surface area contributed by atoms with Crippen molar-refractivity contribution in [2.75, 3.05) is 24.5 Å². The van der Waals surface area contributed by atoms with Gasteiger partial charge in [0.2, 0.25) is 0 Å². The Labute approximate surface area is 148 Å². The first-order valence-electron chi connectivity index (χ1n) is 8.58. The maximum Gasteiger partial charge on any atom is 0.274 e. The molecule has 0 aliphatic carbocycles. The predicted octanol–water partition coefficient (Wildman–Crippen LogP) is 1.65. The van der Waals surface area contributed by atoms with E-state index < -0.39 is 10.2 Å². The van der Waals surface area contributed by atoms with Crippen LogP contribution in [0.1, 0.15) is 30.4 Å². The van der Waals surface area contributed by atoms with Crippen molar-refractivity contribution in [2.45, 2.75) is 33.1 Å². The number of rotatable bonds is 4. The molecule has 0 spiro atoms. The van der Waals surface area contributed by atoms with Crippen LogP contribution in [0.3, 0.4) is 0 Å². The van der Waals surface area contributed by atoms with Gasteiger partial charge in [0.05, 0.1) is 5.52 Å². The Morgan fingerprint density at radius 3 is 2.72 bits per heavy atom. The largest absolute Gasteiger partial charge is 0.356 e. The van der Waals surface area contributed by atoms with E-state index in [0.29, 0.717) is 12.5 Å². The Bertz CT molecular complexity index is 869. The number of anilines is 1. The predicted molar refractivity (Wildman–Crippen MR) is 99.7 cm³/mol. The molecule has 0 bridgehead atoms. The Morgan fingerprint density at radius 2 is 1.96 bits per heavy atom. The highest BCUT2D eigenvalue weighted by Crippen LogP contribution is 2.28. The number of fused-ring (bicyclic) bond motifs is 1. The molecule has 1 fully saturated rings. The highest BCUT2D eigenvalue weighted by atomic mass is 32.2. The molecule has 3 N–H and O–H groups in total. The Morgan fingerprint density at radius 1 is 1.20 bits per heavy atom. The highest BCUT2D eigenvalue weighted by molar-refractivity contribution is 7.87. The molecule has 7 nitrogen and oxygen atoms in total. The molecule has 2 aromatic rings. The average Bonchev–Trinajstić information content (AvgIpc) is 2.78. The van der Waals surface area contributed by atoms with Crippen LogP contribution in [0.15, 0.2) is 18.5 Å². The number of benzene rings is 1. The quantitative estimate of drug-likeness (QED) is 0.860. The van der Waals surface area contributed by atoms with Crippen molar-refractivity contribution in [1.82, 2.24) is 14.7 Å². The minimum absolute atomic E-state index is 0.292. The van der Waals surface area contributed by atoms with Crippen LogP contribution < -0.4 is 14.8 Å². The van der Waals surface area contributed by atoms with E-state index in [1.54, 1.807) is 6.33 Å². The summed E-state index contributed by atoms with van der Waals surface area (Å²) in [6.07, 6.45) is 4.49. The van der Waals surface area contributed by atoms with Crippen LogP contribution in [0.25, 0.3) is 10.9 Å². The third-order valence-electron chi connectivity index (χ3n) is 4.95. The molecule has 0 amide bonds. The molecule has 1 aliphatic heterocycles. The van der Waals surface area contributed by atoms with Gasteiger partial charge in [0.1, 0.15) is 12.1 Å². The van der Waals surface area contributed by atoms with Gasteiger partial charge >= 0.3 is 0 Å². The Kier molecular flexibility index (Phi) is 5.21. The van der Waals surface area contributed by atoms with Gasteiger partial charge in [-0.15, -0.1) is 0 Å². The van der Waals surface area contributed by atoms with Crippen molar-refractivity contribution in [1.29, 1.82) is 0 Å². The number of aromatic nitrogens is 2. The van der Waals surface area contributed by atoms with E-state index in [1.807, 2.05) is 0 Å². The van der Waals surface area contributed by atoms with Crippen molar-refractivity contribution >= 4 is 26.9 Å². The molecule has 0 saturated carbocycles.